The lowest BCUT2D eigenvalue weighted by Crippen LogP contribution is -2.41. The molecule has 124 valence electrons. The average molecular weight is 329 g/mol. The molecule has 1 aromatic heterocycles. The Bertz CT molecular complexity index is 470. The van der Waals surface area contributed by atoms with Gasteiger partial charge in [-0.15, -0.1) is 12.4 Å². The van der Waals surface area contributed by atoms with Crippen LogP contribution in [0.1, 0.15) is 33.3 Å². The van der Waals surface area contributed by atoms with Crippen molar-refractivity contribution in [2.45, 2.75) is 45.4 Å². The van der Waals surface area contributed by atoms with E-state index in [2.05, 4.69) is 44.1 Å². The number of nitrogens with one attached hydrogen (secondary N) is 1. The highest BCUT2D eigenvalue weighted by atomic mass is 35.5. The molecule has 0 spiro atoms. The van der Waals surface area contributed by atoms with Crippen LogP contribution in [0.15, 0.2) is 18.5 Å². The third kappa shape index (κ3) is 4.43. The molecule has 1 saturated heterocycles. The van der Waals surface area contributed by atoms with Crippen LogP contribution in [-0.4, -0.2) is 43.6 Å². The van der Waals surface area contributed by atoms with Gasteiger partial charge in [-0.25, -0.2) is 0 Å². The Labute approximate surface area is 139 Å². The van der Waals surface area contributed by atoms with E-state index in [0.29, 0.717) is 6.61 Å². The minimum atomic E-state index is -0.360. The van der Waals surface area contributed by atoms with E-state index in [1.54, 1.807) is 13.3 Å². The number of methoxy groups -OCH3 is 1. The predicted molar refractivity (Wildman–Crippen MR) is 90.8 cm³/mol. The number of aromatic nitrogens is 1. The molecule has 0 aromatic carbocycles. The van der Waals surface area contributed by atoms with Gasteiger partial charge >= 0.3 is 7.12 Å². The van der Waals surface area contributed by atoms with Crippen LogP contribution < -0.4 is 10.8 Å². The minimum absolute atomic E-state index is 0. The van der Waals surface area contributed by atoms with Crippen molar-refractivity contribution in [2.24, 2.45) is 0 Å². The number of rotatable bonds is 6. The molecule has 5 nitrogen and oxygen atoms in total. The highest BCUT2D eigenvalue weighted by Gasteiger charge is 2.51. The Hall–Kier alpha value is -0.655. The van der Waals surface area contributed by atoms with Gasteiger partial charge in [-0.05, 0) is 33.3 Å². The zero-order chi connectivity index (χ0) is 15.5. The fourth-order valence-corrected chi connectivity index (χ4v) is 2.12. The highest BCUT2D eigenvalue weighted by molar-refractivity contribution is 6.62. The minimum Gasteiger partial charge on any atom is -0.399 e. The lowest BCUT2D eigenvalue weighted by molar-refractivity contribution is 0.00578. The van der Waals surface area contributed by atoms with E-state index in [1.165, 1.54) is 0 Å². The molecule has 1 fully saturated rings. The van der Waals surface area contributed by atoms with Crippen molar-refractivity contribution in [3.8, 4) is 0 Å². The maximum atomic E-state index is 6.05. The molecule has 2 heterocycles. The van der Waals surface area contributed by atoms with Crippen LogP contribution in [0.3, 0.4) is 0 Å². The molecule has 0 bridgehead atoms. The SMILES string of the molecule is COCCNCc1cncc(B2OC(C)(C)C(C)(C)O2)c1.Cl. The summed E-state index contributed by atoms with van der Waals surface area (Å²) in [6.07, 6.45) is 3.66. The molecule has 0 aliphatic carbocycles. The van der Waals surface area contributed by atoms with Gasteiger partial charge in [0.15, 0.2) is 0 Å². The Morgan fingerprint density at radius 3 is 2.41 bits per heavy atom. The van der Waals surface area contributed by atoms with Crippen LogP contribution in [0, 0.1) is 0 Å². The first-order valence-electron chi connectivity index (χ1n) is 7.35. The van der Waals surface area contributed by atoms with E-state index in [9.17, 15) is 0 Å². The molecule has 1 N–H and O–H groups in total. The van der Waals surface area contributed by atoms with Crippen LogP contribution in [0.25, 0.3) is 0 Å². The molecule has 0 radical (unpaired) electrons. The molecule has 0 atom stereocenters. The first-order valence-corrected chi connectivity index (χ1v) is 7.35. The molecule has 1 aliphatic heterocycles. The highest BCUT2D eigenvalue weighted by Crippen LogP contribution is 2.36. The lowest BCUT2D eigenvalue weighted by Gasteiger charge is -2.32. The van der Waals surface area contributed by atoms with E-state index < -0.39 is 0 Å². The van der Waals surface area contributed by atoms with Crippen molar-refractivity contribution in [1.82, 2.24) is 10.3 Å². The smallest absolute Gasteiger partial charge is 0.399 e. The van der Waals surface area contributed by atoms with Crippen LogP contribution in [0.5, 0.6) is 0 Å². The van der Waals surface area contributed by atoms with Gasteiger partial charge in [0, 0.05) is 38.1 Å². The maximum absolute atomic E-state index is 6.05. The van der Waals surface area contributed by atoms with Gasteiger partial charge in [0.1, 0.15) is 0 Å². The lowest BCUT2D eigenvalue weighted by atomic mass is 9.80. The summed E-state index contributed by atoms with van der Waals surface area (Å²) in [5, 5.41) is 3.31. The molecular formula is C15H26BClN2O3. The molecule has 0 unspecified atom stereocenters. The molecule has 0 saturated carbocycles. The summed E-state index contributed by atoms with van der Waals surface area (Å²) in [7, 11) is 1.34. The summed E-state index contributed by atoms with van der Waals surface area (Å²) in [6.45, 7) is 10.5. The Kier molecular flexibility index (Phi) is 6.83. The van der Waals surface area contributed by atoms with Gasteiger partial charge in [-0.3, -0.25) is 4.98 Å². The second-order valence-corrected chi connectivity index (χ2v) is 6.38. The molecule has 1 aromatic rings. The first-order chi connectivity index (χ1) is 9.86. The van der Waals surface area contributed by atoms with E-state index in [1.807, 2.05) is 6.20 Å². The number of pyridine rings is 1. The van der Waals surface area contributed by atoms with Gasteiger partial charge in [-0.2, -0.15) is 0 Å². The zero-order valence-corrected chi connectivity index (χ0v) is 14.8. The van der Waals surface area contributed by atoms with E-state index in [4.69, 9.17) is 14.0 Å². The summed E-state index contributed by atoms with van der Waals surface area (Å²) in [5.41, 5.74) is 1.41. The largest absolute Gasteiger partial charge is 0.496 e. The van der Waals surface area contributed by atoms with Crippen molar-refractivity contribution in [3.05, 3.63) is 24.0 Å². The summed E-state index contributed by atoms with van der Waals surface area (Å²) in [5.74, 6) is 0. The van der Waals surface area contributed by atoms with E-state index >= 15 is 0 Å². The summed E-state index contributed by atoms with van der Waals surface area (Å²) in [6, 6.07) is 2.08. The van der Waals surface area contributed by atoms with Gasteiger partial charge in [0.05, 0.1) is 17.8 Å². The van der Waals surface area contributed by atoms with Gasteiger partial charge in [-0.1, -0.05) is 6.07 Å². The summed E-state index contributed by atoms with van der Waals surface area (Å²) < 4.78 is 17.1. The van der Waals surface area contributed by atoms with Gasteiger partial charge < -0.3 is 19.4 Å². The quantitative estimate of drug-likeness (QED) is 0.634. The number of hydrogen-bond donors (Lipinski definition) is 1. The molecule has 7 heteroatoms. The molecular weight excluding hydrogens is 302 g/mol. The zero-order valence-electron chi connectivity index (χ0n) is 14.0. The Morgan fingerprint density at radius 2 is 1.82 bits per heavy atom. The fourth-order valence-electron chi connectivity index (χ4n) is 2.12. The normalized spacial score (nSPS) is 19.0. The second-order valence-electron chi connectivity index (χ2n) is 6.38. The van der Waals surface area contributed by atoms with Crippen molar-refractivity contribution in [2.75, 3.05) is 20.3 Å². The number of hydrogen-bond acceptors (Lipinski definition) is 5. The van der Waals surface area contributed by atoms with Crippen molar-refractivity contribution < 1.29 is 14.0 Å². The topological polar surface area (TPSA) is 52.6 Å². The summed E-state index contributed by atoms with van der Waals surface area (Å²) >= 11 is 0. The van der Waals surface area contributed by atoms with E-state index in [0.717, 1.165) is 24.1 Å². The number of halogens is 1. The fraction of sp³-hybridized carbons (Fsp3) is 0.667. The second kappa shape index (κ2) is 7.75. The van der Waals surface area contributed by atoms with Crippen LogP contribution in [0.4, 0.5) is 0 Å². The Morgan fingerprint density at radius 1 is 1.18 bits per heavy atom. The maximum Gasteiger partial charge on any atom is 0.496 e. The summed E-state index contributed by atoms with van der Waals surface area (Å²) in [4.78, 5) is 4.29. The monoisotopic (exact) mass is 328 g/mol. The van der Waals surface area contributed by atoms with Crippen molar-refractivity contribution in [3.63, 3.8) is 0 Å². The third-order valence-corrected chi connectivity index (χ3v) is 4.15. The molecule has 2 rings (SSSR count). The molecule has 22 heavy (non-hydrogen) atoms. The first kappa shape index (κ1) is 19.4. The van der Waals surface area contributed by atoms with Crippen LogP contribution >= 0.6 is 12.4 Å². The molecule has 0 amide bonds. The van der Waals surface area contributed by atoms with Gasteiger partial charge in [0.25, 0.3) is 0 Å². The molecule has 1 aliphatic rings. The van der Waals surface area contributed by atoms with Crippen LogP contribution in [-0.2, 0) is 20.6 Å². The third-order valence-electron chi connectivity index (χ3n) is 4.15. The standard InChI is InChI=1S/C15H25BN2O3.ClH/c1-14(2)15(3,4)21-16(20-14)13-8-12(10-18-11-13)9-17-6-7-19-5;/h8,10-11,17H,6-7,9H2,1-5H3;1H. The van der Waals surface area contributed by atoms with Crippen molar-refractivity contribution in [1.29, 1.82) is 0 Å². The van der Waals surface area contributed by atoms with Gasteiger partial charge in [0.2, 0.25) is 0 Å². The van der Waals surface area contributed by atoms with Crippen molar-refractivity contribution >= 4 is 25.0 Å². The average Bonchev–Trinajstić information content (AvgIpc) is 2.64. The number of ether oxygens (including phenoxy) is 1. The number of nitrogens with zero attached hydrogens (tertiary/aromatic N) is 1. The predicted octanol–water partition coefficient (Wildman–Crippen LogP) is 1.54. The van der Waals surface area contributed by atoms with Crippen LogP contribution in [0.2, 0.25) is 0 Å². The van der Waals surface area contributed by atoms with E-state index in [-0.39, 0.29) is 30.7 Å². The Balaban J connectivity index is 0.00000242.